The molecule has 0 atom stereocenters. The molecular formula is C23H38FIN4O3. The van der Waals surface area contributed by atoms with Crippen LogP contribution in [0.3, 0.4) is 0 Å². The summed E-state index contributed by atoms with van der Waals surface area (Å²) in [6.07, 6.45) is 1.67. The van der Waals surface area contributed by atoms with Crippen molar-refractivity contribution in [1.29, 1.82) is 0 Å². The van der Waals surface area contributed by atoms with E-state index >= 15 is 0 Å². The average Bonchev–Trinajstić information content (AvgIpc) is 2.73. The lowest BCUT2D eigenvalue weighted by Crippen LogP contribution is -2.47. The van der Waals surface area contributed by atoms with E-state index in [-0.39, 0.29) is 36.7 Å². The molecule has 1 aromatic rings. The van der Waals surface area contributed by atoms with E-state index in [1.165, 1.54) is 6.07 Å². The van der Waals surface area contributed by atoms with Gasteiger partial charge < -0.3 is 25.0 Å². The Labute approximate surface area is 208 Å². The van der Waals surface area contributed by atoms with E-state index in [4.69, 9.17) is 4.74 Å². The van der Waals surface area contributed by atoms with Gasteiger partial charge in [-0.15, -0.1) is 24.0 Å². The van der Waals surface area contributed by atoms with Gasteiger partial charge in [0.15, 0.2) is 5.96 Å². The van der Waals surface area contributed by atoms with Gasteiger partial charge in [-0.25, -0.2) is 9.18 Å². The van der Waals surface area contributed by atoms with Gasteiger partial charge in [-0.3, -0.25) is 4.99 Å². The van der Waals surface area contributed by atoms with Crippen molar-refractivity contribution in [2.75, 3.05) is 33.2 Å². The van der Waals surface area contributed by atoms with Crippen molar-refractivity contribution in [2.24, 2.45) is 10.9 Å². The predicted molar refractivity (Wildman–Crippen MR) is 136 cm³/mol. The quantitative estimate of drug-likeness (QED) is 0.311. The molecule has 2 N–H and O–H groups in total. The first kappa shape index (κ1) is 28.4. The molecule has 1 aliphatic heterocycles. The van der Waals surface area contributed by atoms with Crippen LogP contribution in [0.25, 0.3) is 0 Å². The summed E-state index contributed by atoms with van der Waals surface area (Å²) >= 11 is 0. The molecule has 1 aromatic carbocycles. The van der Waals surface area contributed by atoms with E-state index in [0.29, 0.717) is 31.1 Å². The number of amides is 1. The maximum absolute atomic E-state index is 13.6. The molecular weight excluding hydrogens is 526 g/mol. The first-order chi connectivity index (χ1) is 14.7. The van der Waals surface area contributed by atoms with E-state index < -0.39 is 11.4 Å². The lowest BCUT2D eigenvalue weighted by molar-refractivity contribution is 0.0214. The number of benzene rings is 1. The summed E-state index contributed by atoms with van der Waals surface area (Å²) in [6.45, 7) is 10.8. The van der Waals surface area contributed by atoms with E-state index in [1.807, 2.05) is 27.7 Å². The largest absolute Gasteiger partial charge is 0.444 e. The fourth-order valence-corrected chi connectivity index (χ4v) is 3.67. The zero-order chi connectivity index (χ0) is 23.0. The van der Waals surface area contributed by atoms with Gasteiger partial charge in [-0.05, 0) is 64.2 Å². The number of guanidine groups is 1. The normalized spacial score (nSPS) is 15.2. The number of nitrogens with one attached hydrogen (secondary N) is 1. The van der Waals surface area contributed by atoms with Gasteiger partial charge in [0, 0.05) is 45.3 Å². The van der Waals surface area contributed by atoms with Crippen LogP contribution in [0.5, 0.6) is 0 Å². The predicted octanol–water partition coefficient (Wildman–Crippen LogP) is 3.98. The van der Waals surface area contributed by atoms with Crippen molar-refractivity contribution >= 4 is 36.0 Å². The first-order valence-corrected chi connectivity index (χ1v) is 11.0. The van der Waals surface area contributed by atoms with Crippen molar-refractivity contribution in [3.8, 4) is 0 Å². The highest BCUT2D eigenvalue weighted by molar-refractivity contribution is 14.0. The molecule has 32 heavy (non-hydrogen) atoms. The first-order valence-electron chi connectivity index (χ1n) is 11.0. The molecule has 1 heterocycles. The molecule has 0 aliphatic carbocycles. The number of likely N-dealkylation sites (tertiary alicyclic amines) is 1. The van der Waals surface area contributed by atoms with E-state index in [0.717, 1.165) is 37.5 Å². The van der Waals surface area contributed by atoms with Crippen molar-refractivity contribution in [3.05, 3.63) is 35.1 Å². The number of carbonyl (C=O) groups is 1. The summed E-state index contributed by atoms with van der Waals surface area (Å²) in [6, 6.07) is 4.75. The van der Waals surface area contributed by atoms with Crippen LogP contribution >= 0.6 is 24.0 Å². The number of hydrogen-bond acceptors (Lipinski definition) is 4. The molecule has 1 aliphatic rings. The minimum absolute atomic E-state index is 0. The van der Waals surface area contributed by atoms with Crippen molar-refractivity contribution in [3.63, 3.8) is 0 Å². The number of aliphatic imine (C=N–C) groups is 1. The minimum Gasteiger partial charge on any atom is -0.444 e. The number of rotatable bonds is 6. The Morgan fingerprint density at radius 2 is 2.00 bits per heavy atom. The van der Waals surface area contributed by atoms with Crippen molar-refractivity contribution in [2.45, 2.75) is 59.3 Å². The van der Waals surface area contributed by atoms with Crippen LogP contribution in [0.15, 0.2) is 23.2 Å². The summed E-state index contributed by atoms with van der Waals surface area (Å²) in [7, 11) is 1.75. The van der Waals surface area contributed by atoms with Gasteiger partial charge in [-0.2, -0.15) is 0 Å². The van der Waals surface area contributed by atoms with Gasteiger partial charge in [0.1, 0.15) is 11.4 Å². The lowest BCUT2D eigenvalue weighted by atomic mass is 9.96. The maximum atomic E-state index is 13.6. The number of aliphatic hydroxyl groups excluding tert-OH is 1. The monoisotopic (exact) mass is 564 g/mol. The summed E-state index contributed by atoms with van der Waals surface area (Å²) < 4.78 is 19.1. The lowest BCUT2D eigenvalue weighted by Gasteiger charge is -2.36. The SMILES string of the molecule is CCN(CC1CCN(C(=NC)NCc2ccc(F)c(CO)c2)CC1)C(=O)OC(C)(C)C.I. The number of piperidine rings is 1. The van der Waals surface area contributed by atoms with Gasteiger partial charge in [-0.1, -0.05) is 6.07 Å². The van der Waals surface area contributed by atoms with Crippen LogP contribution < -0.4 is 5.32 Å². The van der Waals surface area contributed by atoms with Gasteiger partial charge in [0.2, 0.25) is 0 Å². The third-order valence-corrected chi connectivity index (χ3v) is 5.37. The average molecular weight is 564 g/mol. The molecule has 7 nitrogen and oxygen atoms in total. The van der Waals surface area contributed by atoms with Gasteiger partial charge >= 0.3 is 6.09 Å². The molecule has 1 amide bonds. The number of carbonyl (C=O) groups excluding carboxylic acids is 1. The Bertz CT molecular complexity index is 762. The standard InChI is InChI=1S/C23H37FN4O3.HI/c1-6-27(22(30)31-23(2,3)4)15-17-9-11-28(12-10-17)21(25-5)26-14-18-7-8-20(24)19(13-18)16-29;/h7-8,13,17,29H,6,9-12,14-16H2,1-5H3,(H,25,26);1H. The second kappa shape index (κ2) is 13.2. The molecule has 0 radical (unpaired) electrons. The Hall–Kier alpha value is -1.62. The molecule has 1 saturated heterocycles. The third-order valence-electron chi connectivity index (χ3n) is 5.37. The Balaban J connectivity index is 0.00000512. The Kier molecular flexibility index (Phi) is 11.7. The molecule has 1 fully saturated rings. The fourth-order valence-electron chi connectivity index (χ4n) is 3.67. The molecule has 9 heteroatoms. The molecule has 2 rings (SSSR count). The molecule has 0 aromatic heterocycles. The summed E-state index contributed by atoms with van der Waals surface area (Å²) in [5.41, 5.74) is 0.687. The molecule has 0 saturated carbocycles. The fraction of sp³-hybridized carbons (Fsp3) is 0.652. The van der Waals surface area contributed by atoms with Crippen LogP contribution in [0.2, 0.25) is 0 Å². The molecule has 0 bridgehead atoms. The number of ether oxygens (including phenoxy) is 1. The highest BCUT2D eigenvalue weighted by Crippen LogP contribution is 2.20. The third kappa shape index (κ3) is 8.73. The van der Waals surface area contributed by atoms with Crippen LogP contribution in [-0.2, 0) is 17.9 Å². The summed E-state index contributed by atoms with van der Waals surface area (Å²) in [4.78, 5) is 20.8. The highest BCUT2D eigenvalue weighted by Gasteiger charge is 2.27. The molecule has 182 valence electrons. The number of hydrogen-bond donors (Lipinski definition) is 2. The smallest absolute Gasteiger partial charge is 0.410 e. The summed E-state index contributed by atoms with van der Waals surface area (Å²) in [5, 5.41) is 12.6. The highest BCUT2D eigenvalue weighted by atomic mass is 127. The van der Waals surface area contributed by atoms with Crippen molar-refractivity contribution in [1.82, 2.24) is 15.1 Å². The minimum atomic E-state index is -0.492. The van der Waals surface area contributed by atoms with E-state index in [2.05, 4.69) is 15.2 Å². The number of halogens is 2. The number of nitrogens with zero attached hydrogens (tertiary/aromatic N) is 3. The van der Waals surface area contributed by atoms with Gasteiger partial charge in [0.25, 0.3) is 0 Å². The summed E-state index contributed by atoms with van der Waals surface area (Å²) in [5.74, 6) is 0.823. The van der Waals surface area contributed by atoms with Crippen LogP contribution in [0.4, 0.5) is 9.18 Å². The van der Waals surface area contributed by atoms with E-state index in [9.17, 15) is 14.3 Å². The topological polar surface area (TPSA) is 77.4 Å². The van der Waals surface area contributed by atoms with Crippen LogP contribution in [-0.4, -0.2) is 65.8 Å². The van der Waals surface area contributed by atoms with Crippen molar-refractivity contribution < 1.29 is 19.0 Å². The zero-order valence-corrected chi connectivity index (χ0v) is 22.2. The second-order valence-corrected chi connectivity index (χ2v) is 8.93. The molecule has 0 spiro atoms. The Morgan fingerprint density at radius 3 is 2.53 bits per heavy atom. The Morgan fingerprint density at radius 1 is 1.34 bits per heavy atom. The van der Waals surface area contributed by atoms with E-state index in [1.54, 1.807) is 24.1 Å². The maximum Gasteiger partial charge on any atom is 0.410 e. The van der Waals surface area contributed by atoms with Crippen LogP contribution in [0, 0.1) is 11.7 Å². The second-order valence-electron chi connectivity index (χ2n) is 8.93. The number of aliphatic hydroxyl groups is 1. The zero-order valence-electron chi connectivity index (χ0n) is 19.9. The molecule has 0 unspecified atom stereocenters. The van der Waals surface area contributed by atoms with Crippen LogP contribution in [0.1, 0.15) is 51.7 Å². The van der Waals surface area contributed by atoms with Gasteiger partial charge in [0.05, 0.1) is 6.61 Å².